The topological polar surface area (TPSA) is 69.7 Å². The molecule has 2 rings (SSSR count). The standard InChI is InChI=1S/C22H28O5/c1-15(23)18(14-16-10-6-4-7-11-16)19(17-12-8-5-9-13-17)20(21(24)26-2)22(25)27-3/h4,6-7,10-11,14,17,19-20H,5,8-9,12-13H2,1-3H3/b18-14+. The number of esters is 2. The summed E-state index contributed by atoms with van der Waals surface area (Å²) in [7, 11) is 2.51. The van der Waals surface area contributed by atoms with E-state index in [9.17, 15) is 14.4 Å². The van der Waals surface area contributed by atoms with Gasteiger partial charge in [0.15, 0.2) is 11.7 Å². The van der Waals surface area contributed by atoms with Crippen molar-refractivity contribution in [3.05, 3.63) is 41.5 Å². The Morgan fingerprint density at radius 3 is 2.00 bits per heavy atom. The Hall–Kier alpha value is -2.43. The van der Waals surface area contributed by atoms with Crippen molar-refractivity contribution in [1.29, 1.82) is 0 Å². The van der Waals surface area contributed by atoms with Gasteiger partial charge in [0, 0.05) is 11.5 Å². The van der Waals surface area contributed by atoms with Crippen LogP contribution in [0, 0.1) is 17.8 Å². The summed E-state index contributed by atoms with van der Waals surface area (Å²) in [4.78, 5) is 37.6. The van der Waals surface area contributed by atoms with Gasteiger partial charge >= 0.3 is 11.9 Å². The summed E-state index contributed by atoms with van der Waals surface area (Å²) in [6.45, 7) is 1.48. The van der Waals surface area contributed by atoms with E-state index in [1.165, 1.54) is 21.1 Å². The highest BCUT2D eigenvalue weighted by Gasteiger charge is 2.44. The fraction of sp³-hybridized carbons (Fsp3) is 0.500. The number of ether oxygens (including phenoxy) is 2. The molecule has 27 heavy (non-hydrogen) atoms. The first kappa shape index (κ1) is 20.9. The van der Waals surface area contributed by atoms with Crippen molar-refractivity contribution in [2.24, 2.45) is 17.8 Å². The zero-order valence-electron chi connectivity index (χ0n) is 16.3. The quantitative estimate of drug-likeness (QED) is 0.413. The van der Waals surface area contributed by atoms with Gasteiger partial charge in [0.1, 0.15) is 0 Å². The second kappa shape index (κ2) is 10.0. The van der Waals surface area contributed by atoms with Gasteiger partial charge in [0.25, 0.3) is 0 Å². The zero-order valence-corrected chi connectivity index (χ0v) is 16.3. The molecule has 1 unspecified atom stereocenters. The first-order chi connectivity index (χ1) is 13.0. The summed E-state index contributed by atoms with van der Waals surface area (Å²) in [5.74, 6) is -3.09. The molecular formula is C22H28O5. The number of hydrogen-bond acceptors (Lipinski definition) is 5. The molecule has 0 saturated heterocycles. The van der Waals surface area contributed by atoms with Crippen LogP contribution in [0.25, 0.3) is 6.08 Å². The van der Waals surface area contributed by atoms with Crippen LogP contribution in [0.4, 0.5) is 0 Å². The number of methoxy groups -OCH3 is 2. The maximum absolute atomic E-state index is 12.6. The lowest BCUT2D eigenvalue weighted by atomic mass is 9.69. The number of Topliss-reactive ketones (excluding diaryl/α,β-unsaturated/α-hetero) is 1. The molecule has 0 amide bonds. The molecule has 1 aliphatic rings. The summed E-state index contributed by atoms with van der Waals surface area (Å²) >= 11 is 0. The number of allylic oxidation sites excluding steroid dienone is 1. The summed E-state index contributed by atoms with van der Waals surface area (Å²) < 4.78 is 9.82. The summed E-state index contributed by atoms with van der Waals surface area (Å²) in [5, 5.41) is 0. The van der Waals surface area contributed by atoms with Crippen molar-refractivity contribution in [3.63, 3.8) is 0 Å². The average molecular weight is 372 g/mol. The van der Waals surface area contributed by atoms with Crippen LogP contribution in [-0.4, -0.2) is 31.9 Å². The van der Waals surface area contributed by atoms with Gasteiger partial charge in [-0.15, -0.1) is 0 Å². The van der Waals surface area contributed by atoms with Crippen molar-refractivity contribution in [3.8, 4) is 0 Å². The molecule has 0 heterocycles. The van der Waals surface area contributed by atoms with Crippen LogP contribution >= 0.6 is 0 Å². The second-order valence-corrected chi connectivity index (χ2v) is 7.01. The van der Waals surface area contributed by atoms with Crippen molar-refractivity contribution >= 4 is 23.8 Å². The van der Waals surface area contributed by atoms with Gasteiger partial charge in [-0.3, -0.25) is 14.4 Å². The molecule has 0 bridgehead atoms. The highest BCUT2D eigenvalue weighted by Crippen LogP contribution is 2.40. The van der Waals surface area contributed by atoms with Gasteiger partial charge in [-0.05, 0) is 37.3 Å². The lowest BCUT2D eigenvalue weighted by molar-refractivity contribution is -0.162. The third-order valence-electron chi connectivity index (χ3n) is 5.31. The number of carbonyl (C=O) groups excluding carboxylic acids is 3. The fourth-order valence-electron chi connectivity index (χ4n) is 4.00. The Kier molecular flexibility index (Phi) is 7.77. The third-order valence-corrected chi connectivity index (χ3v) is 5.31. The van der Waals surface area contributed by atoms with Crippen molar-refractivity contribution in [1.82, 2.24) is 0 Å². The number of benzene rings is 1. The molecule has 1 fully saturated rings. The minimum atomic E-state index is -1.14. The van der Waals surface area contributed by atoms with Gasteiger partial charge in [0.2, 0.25) is 0 Å². The average Bonchev–Trinajstić information content (AvgIpc) is 2.70. The normalized spacial score (nSPS) is 16.7. The van der Waals surface area contributed by atoms with E-state index in [1.54, 1.807) is 6.08 Å². The van der Waals surface area contributed by atoms with Crippen LogP contribution in [0.2, 0.25) is 0 Å². The van der Waals surface area contributed by atoms with E-state index < -0.39 is 23.8 Å². The van der Waals surface area contributed by atoms with Gasteiger partial charge in [0.05, 0.1) is 14.2 Å². The Balaban J connectivity index is 2.57. The van der Waals surface area contributed by atoms with Crippen molar-refractivity contribution in [2.45, 2.75) is 39.0 Å². The monoisotopic (exact) mass is 372 g/mol. The minimum absolute atomic E-state index is 0.0563. The van der Waals surface area contributed by atoms with Crippen LogP contribution in [-0.2, 0) is 23.9 Å². The van der Waals surface area contributed by atoms with Gasteiger partial charge in [-0.25, -0.2) is 0 Å². The Bertz CT molecular complexity index is 670. The zero-order chi connectivity index (χ0) is 19.8. The molecule has 0 N–H and O–H groups in total. The molecule has 1 aromatic rings. The number of hydrogen-bond donors (Lipinski definition) is 0. The Labute approximate surface area is 160 Å². The largest absolute Gasteiger partial charge is 0.468 e. The molecule has 0 radical (unpaired) electrons. The molecule has 1 saturated carbocycles. The SMILES string of the molecule is COC(=O)C(C(=O)OC)C(/C(=C/c1ccccc1)C(C)=O)C1CCCCC1. The van der Waals surface area contributed by atoms with Crippen LogP contribution in [0.5, 0.6) is 0 Å². The maximum Gasteiger partial charge on any atom is 0.320 e. The van der Waals surface area contributed by atoms with E-state index in [4.69, 9.17) is 9.47 Å². The van der Waals surface area contributed by atoms with E-state index >= 15 is 0 Å². The van der Waals surface area contributed by atoms with E-state index in [0.29, 0.717) is 5.57 Å². The van der Waals surface area contributed by atoms with Gasteiger partial charge in [-0.1, -0.05) is 49.6 Å². The van der Waals surface area contributed by atoms with Crippen LogP contribution in [0.15, 0.2) is 35.9 Å². The van der Waals surface area contributed by atoms with Gasteiger partial charge < -0.3 is 9.47 Å². The molecule has 1 aliphatic carbocycles. The van der Waals surface area contributed by atoms with E-state index in [0.717, 1.165) is 37.7 Å². The lowest BCUT2D eigenvalue weighted by Gasteiger charge is -2.34. The van der Waals surface area contributed by atoms with Crippen molar-refractivity contribution < 1.29 is 23.9 Å². The molecule has 146 valence electrons. The lowest BCUT2D eigenvalue weighted by Crippen LogP contribution is -2.40. The number of rotatable bonds is 7. The first-order valence-electron chi connectivity index (χ1n) is 9.42. The molecule has 5 heteroatoms. The van der Waals surface area contributed by atoms with E-state index in [1.807, 2.05) is 30.3 Å². The predicted molar refractivity (Wildman–Crippen MR) is 103 cm³/mol. The number of carbonyl (C=O) groups is 3. The molecule has 0 aromatic heterocycles. The maximum atomic E-state index is 12.6. The minimum Gasteiger partial charge on any atom is -0.468 e. The molecule has 5 nitrogen and oxygen atoms in total. The summed E-state index contributed by atoms with van der Waals surface area (Å²) in [6, 6.07) is 9.46. The highest BCUT2D eigenvalue weighted by molar-refractivity contribution is 6.02. The molecule has 0 aliphatic heterocycles. The van der Waals surface area contributed by atoms with Crippen LogP contribution in [0.1, 0.15) is 44.6 Å². The van der Waals surface area contributed by atoms with Gasteiger partial charge in [-0.2, -0.15) is 0 Å². The predicted octanol–water partition coefficient (Wildman–Crippen LogP) is 3.82. The van der Waals surface area contributed by atoms with E-state index in [2.05, 4.69) is 0 Å². The van der Waals surface area contributed by atoms with Crippen LogP contribution < -0.4 is 0 Å². The Morgan fingerprint density at radius 1 is 0.963 bits per heavy atom. The smallest absolute Gasteiger partial charge is 0.320 e. The highest BCUT2D eigenvalue weighted by atomic mass is 16.5. The second-order valence-electron chi connectivity index (χ2n) is 7.01. The molecule has 1 aromatic carbocycles. The summed E-state index contributed by atoms with van der Waals surface area (Å²) in [5.41, 5.74) is 1.34. The van der Waals surface area contributed by atoms with Crippen molar-refractivity contribution in [2.75, 3.05) is 14.2 Å². The molecule has 0 spiro atoms. The number of ketones is 1. The summed E-state index contributed by atoms with van der Waals surface area (Å²) in [6.07, 6.45) is 6.70. The van der Waals surface area contributed by atoms with E-state index in [-0.39, 0.29) is 11.7 Å². The first-order valence-corrected chi connectivity index (χ1v) is 9.42. The molecule has 1 atom stereocenters. The fourth-order valence-corrected chi connectivity index (χ4v) is 4.00. The van der Waals surface area contributed by atoms with Crippen LogP contribution in [0.3, 0.4) is 0 Å². The third kappa shape index (κ3) is 5.28. The Morgan fingerprint density at radius 2 is 1.52 bits per heavy atom. The molecular weight excluding hydrogens is 344 g/mol.